The van der Waals surface area contributed by atoms with E-state index in [0.717, 1.165) is 25.4 Å². The number of benzene rings is 1. The number of esters is 1. The van der Waals surface area contributed by atoms with Gasteiger partial charge in [-0.15, -0.1) is 0 Å². The Morgan fingerprint density at radius 2 is 2.28 bits per heavy atom. The molecule has 1 aromatic rings. The zero-order chi connectivity index (χ0) is 18.2. The van der Waals surface area contributed by atoms with E-state index >= 15 is 0 Å². The summed E-state index contributed by atoms with van der Waals surface area (Å²) in [6.45, 7) is 6.62. The second-order valence-corrected chi connectivity index (χ2v) is 7.28. The highest BCUT2D eigenvalue weighted by Crippen LogP contribution is 2.21. The van der Waals surface area contributed by atoms with Crippen LogP contribution in [-0.2, 0) is 4.74 Å². The number of methoxy groups -OCH3 is 1. The number of thiocarbonyl (C=S) groups is 1. The topological polar surface area (TPSA) is 53.6 Å². The fraction of sp³-hybridized carbons (Fsp3) is 0.556. The van der Waals surface area contributed by atoms with Crippen LogP contribution in [0.15, 0.2) is 18.2 Å². The van der Waals surface area contributed by atoms with Crippen molar-refractivity contribution in [1.29, 1.82) is 0 Å². The van der Waals surface area contributed by atoms with Gasteiger partial charge >= 0.3 is 5.97 Å². The highest BCUT2D eigenvalue weighted by molar-refractivity contribution is 7.80. The van der Waals surface area contributed by atoms with Gasteiger partial charge in [-0.3, -0.25) is 0 Å². The lowest BCUT2D eigenvalue weighted by molar-refractivity contribution is 0.0601. The molecule has 25 heavy (non-hydrogen) atoms. The molecule has 0 radical (unpaired) electrons. The maximum atomic E-state index is 11.7. The number of nitrogens with one attached hydrogen (secondary N) is 2. The average molecular weight is 384 g/mol. The molecule has 1 aliphatic rings. The van der Waals surface area contributed by atoms with Crippen LogP contribution in [0.4, 0.5) is 5.69 Å². The molecule has 0 saturated carbocycles. The lowest BCUT2D eigenvalue weighted by Gasteiger charge is -2.30. The lowest BCUT2D eigenvalue weighted by Crippen LogP contribution is -2.37. The summed E-state index contributed by atoms with van der Waals surface area (Å²) in [4.78, 5) is 14.2. The Balaban J connectivity index is 1.74. The summed E-state index contributed by atoms with van der Waals surface area (Å²) in [7, 11) is 1.33. The van der Waals surface area contributed by atoms with Crippen LogP contribution in [0.1, 0.15) is 36.5 Å². The van der Waals surface area contributed by atoms with Crippen LogP contribution in [-0.4, -0.2) is 49.3 Å². The van der Waals surface area contributed by atoms with Crippen LogP contribution >= 0.6 is 23.8 Å². The minimum absolute atomic E-state index is 0.316. The van der Waals surface area contributed by atoms with Gasteiger partial charge in [-0.2, -0.15) is 0 Å². The average Bonchev–Trinajstić information content (AvgIpc) is 2.60. The van der Waals surface area contributed by atoms with Crippen LogP contribution in [0.5, 0.6) is 0 Å². The number of piperidine rings is 1. The molecule has 2 N–H and O–H groups in total. The molecule has 0 spiro atoms. The van der Waals surface area contributed by atoms with Crippen molar-refractivity contribution in [2.24, 2.45) is 5.92 Å². The van der Waals surface area contributed by atoms with Crippen molar-refractivity contribution in [2.75, 3.05) is 38.6 Å². The van der Waals surface area contributed by atoms with Crippen LogP contribution < -0.4 is 10.6 Å². The first-order valence-corrected chi connectivity index (χ1v) is 9.43. The Hall–Kier alpha value is -1.37. The summed E-state index contributed by atoms with van der Waals surface area (Å²) in [5.74, 6) is 0.335. The number of anilines is 1. The van der Waals surface area contributed by atoms with E-state index < -0.39 is 5.97 Å². The van der Waals surface area contributed by atoms with Gasteiger partial charge in [-0.05, 0) is 68.7 Å². The van der Waals surface area contributed by atoms with E-state index in [0.29, 0.717) is 21.4 Å². The van der Waals surface area contributed by atoms with E-state index in [1.807, 2.05) is 0 Å². The molecule has 0 unspecified atom stereocenters. The molecule has 2 rings (SSSR count). The van der Waals surface area contributed by atoms with E-state index in [2.05, 4.69) is 22.5 Å². The molecule has 1 aromatic carbocycles. The number of halogens is 1. The number of likely N-dealkylation sites (tertiary alicyclic amines) is 1. The first kappa shape index (κ1) is 19.9. The molecule has 7 heteroatoms. The summed E-state index contributed by atoms with van der Waals surface area (Å²) in [6, 6.07) is 5.06. The van der Waals surface area contributed by atoms with Gasteiger partial charge in [0.2, 0.25) is 0 Å². The predicted octanol–water partition coefficient (Wildman–Crippen LogP) is 3.54. The van der Waals surface area contributed by atoms with Crippen molar-refractivity contribution in [3.63, 3.8) is 0 Å². The molecule has 0 amide bonds. The van der Waals surface area contributed by atoms with Gasteiger partial charge < -0.3 is 20.3 Å². The zero-order valence-electron chi connectivity index (χ0n) is 14.8. The number of hydrogen-bond donors (Lipinski definition) is 2. The summed E-state index contributed by atoms with van der Waals surface area (Å²) >= 11 is 11.3. The van der Waals surface area contributed by atoms with Gasteiger partial charge in [0.25, 0.3) is 0 Å². The zero-order valence-corrected chi connectivity index (χ0v) is 16.4. The first-order valence-electron chi connectivity index (χ1n) is 8.64. The maximum Gasteiger partial charge on any atom is 0.339 e. The highest BCUT2D eigenvalue weighted by Gasteiger charge is 2.15. The smallest absolute Gasteiger partial charge is 0.339 e. The molecule has 0 bridgehead atoms. The van der Waals surface area contributed by atoms with E-state index in [1.165, 1.54) is 33.0 Å². The molecule has 1 fully saturated rings. The molecule has 1 heterocycles. The number of hydrogen-bond acceptors (Lipinski definition) is 4. The summed E-state index contributed by atoms with van der Waals surface area (Å²) in [5.41, 5.74) is 1.02. The minimum atomic E-state index is -0.469. The van der Waals surface area contributed by atoms with Crippen molar-refractivity contribution in [2.45, 2.75) is 26.2 Å². The number of carbonyl (C=O) groups excluding carboxylic acids is 1. The van der Waals surface area contributed by atoms with E-state index in [9.17, 15) is 4.79 Å². The second kappa shape index (κ2) is 9.94. The number of carbonyl (C=O) groups is 1. The van der Waals surface area contributed by atoms with Crippen molar-refractivity contribution in [1.82, 2.24) is 10.2 Å². The van der Waals surface area contributed by atoms with Gasteiger partial charge in [0.15, 0.2) is 5.11 Å². The fourth-order valence-electron chi connectivity index (χ4n) is 3.04. The van der Waals surface area contributed by atoms with Crippen molar-refractivity contribution in [3.05, 3.63) is 28.8 Å². The molecule has 1 atom stereocenters. The van der Waals surface area contributed by atoms with Crippen LogP contribution in [0.25, 0.3) is 0 Å². The third kappa shape index (κ3) is 6.45. The number of nitrogens with zero attached hydrogens (tertiary/aromatic N) is 1. The molecule has 0 aliphatic carbocycles. The number of ether oxygens (including phenoxy) is 1. The van der Waals surface area contributed by atoms with E-state index in [1.54, 1.807) is 18.2 Å². The van der Waals surface area contributed by atoms with Gasteiger partial charge in [0.05, 0.1) is 17.7 Å². The minimum Gasteiger partial charge on any atom is -0.465 e. The standard InChI is InChI=1S/C18H26ClN3O2S/c1-13-5-3-9-22(12-13)10-4-8-20-18(25)21-14-6-7-16(19)15(11-14)17(23)24-2/h6-7,11,13H,3-5,8-10,12H2,1-2H3,(H2,20,21,25)/t13-/m0/s1. The van der Waals surface area contributed by atoms with Crippen molar-refractivity contribution in [3.8, 4) is 0 Å². The third-order valence-corrected chi connectivity index (χ3v) is 4.88. The Morgan fingerprint density at radius 1 is 1.48 bits per heavy atom. The summed E-state index contributed by atoms with van der Waals surface area (Å²) < 4.78 is 4.72. The van der Waals surface area contributed by atoms with Gasteiger partial charge in [-0.1, -0.05) is 18.5 Å². The Morgan fingerprint density at radius 3 is 3.00 bits per heavy atom. The van der Waals surface area contributed by atoms with Gasteiger partial charge in [-0.25, -0.2) is 4.79 Å². The normalized spacial score (nSPS) is 17.8. The Labute approximate surface area is 160 Å². The molecule has 1 saturated heterocycles. The number of rotatable bonds is 6. The van der Waals surface area contributed by atoms with Gasteiger partial charge in [0.1, 0.15) is 0 Å². The second-order valence-electron chi connectivity index (χ2n) is 6.47. The Kier molecular flexibility index (Phi) is 7.93. The molecular weight excluding hydrogens is 358 g/mol. The van der Waals surface area contributed by atoms with E-state index in [-0.39, 0.29) is 0 Å². The maximum absolute atomic E-state index is 11.7. The quantitative estimate of drug-likeness (QED) is 0.445. The van der Waals surface area contributed by atoms with Gasteiger partial charge in [0, 0.05) is 18.8 Å². The summed E-state index contributed by atoms with van der Waals surface area (Å²) in [5, 5.41) is 7.16. The van der Waals surface area contributed by atoms with Crippen LogP contribution in [0, 0.1) is 5.92 Å². The largest absolute Gasteiger partial charge is 0.465 e. The monoisotopic (exact) mass is 383 g/mol. The lowest BCUT2D eigenvalue weighted by atomic mass is 10.0. The third-order valence-electron chi connectivity index (χ3n) is 4.31. The summed E-state index contributed by atoms with van der Waals surface area (Å²) in [6.07, 6.45) is 3.69. The first-order chi connectivity index (χ1) is 12.0. The van der Waals surface area contributed by atoms with E-state index in [4.69, 9.17) is 28.6 Å². The predicted molar refractivity (Wildman–Crippen MR) is 106 cm³/mol. The van der Waals surface area contributed by atoms with Crippen LogP contribution in [0.3, 0.4) is 0 Å². The SMILES string of the molecule is COC(=O)c1cc(NC(=S)NCCCN2CCC[C@H](C)C2)ccc1Cl. The highest BCUT2D eigenvalue weighted by atomic mass is 35.5. The molecule has 5 nitrogen and oxygen atoms in total. The molecule has 138 valence electrons. The molecular formula is C18H26ClN3O2S. The molecule has 1 aliphatic heterocycles. The fourth-order valence-corrected chi connectivity index (χ4v) is 3.45. The Bertz CT molecular complexity index is 612. The van der Waals surface area contributed by atoms with Crippen molar-refractivity contribution >= 4 is 40.6 Å². The van der Waals surface area contributed by atoms with Crippen LogP contribution in [0.2, 0.25) is 5.02 Å². The van der Waals surface area contributed by atoms with Crippen molar-refractivity contribution < 1.29 is 9.53 Å². The molecule has 0 aromatic heterocycles.